The summed E-state index contributed by atoms with van der Waals surface area (Å²) in [7, 11) is 1.51. The van der Waals surface area contributed by atoms with Crippen molar-refractivity contribution in [2.45, 2.75) is 40.2 Å². The van der Waals surface area contributed by atoms with E-state index in [1.807, 2.05) is 0 Å². The van der Waals surface area contributed by atoms with Crippen molar-refractivity contribution < 1.29 is 18.8 Å². The molecule has 0 aliphatic carbocycles. The van der Waals surface area contributed by atoms with Gasteiger partial charge >= 0.3 is 0 Å². The van der Waals surface area contributed by atoms with Crippen LogP contribution in [0.15, 0.2) is 16.7 Å². The molecule has 0 bridgehead atoms. The van der Waals surface area contributed by atoms with Crippen LogP contribution in [0.25, 0.3) is 0 Å². The fraction of sp³-hybridized carbons (Fsp3) is 0.500. The molecule has 0 aliphatic rings. The lowest BCUT2D eigenvalue weighted by atomic mass is 10.1. The summed E-state index contributed by atoms with van der Waals surface area (Å²) in [4.78, 5) is 16.6. The summed E-state index contributed by atoms with van der Waals surface area (Å²) in [6, 6.07) is 2.71. The number of benzene rings is 1. The van der Waals surface area contributed by atoms with Gasteiger partial charge in [0.2, 0.25) is 5.89 Å². The minimum atomic E-state index is -0.435. The Bertz CT molecular complexity index is 761. The van der Waals surface area contributed by atoms with E-state index in [9.17, 15) is 4.79 Å². The fourth-order valence-electron chi connectivity index (χ4n) is 2.22. The number of aryl methyl sites for hydroxylation is 1. The highest BCUT2D eigenvalue weighted by molar-refractivity contribution is 6.32. The summed E-state index contributed by atoms with van der Waals surface area (Å²) in [5.74, 6) is 1.87. The Morgan fingerprint density at radius 1 is 1.35 bits per heavy atom. The number of hydrogen-bond donors (Lipinski definition) is 1. The molecule has 0 fully saturated rings. The fourth-order valence-corrected chi connectivity index (χ4v) is 2.48. The van der Waals surface area contributed by atoms with E-state index in [4.69, 9.17) is 25.6 Å². The first-order valence-corrected chi connectivity index (χ1v) is 8.81. The zero-order chi connectivity index (χ0) is 19.3. The van der Waals surface area contributed by atoms with Gasteiger partial charge in [-0.2, -0.15) is 4.98 Å². The van der Waals surface area contributed by atoms with Crippen molar-refractivity contribution in [3.05, 3.63) is 34.4 Å². The normalized spacial score (nSPS) is 12.1. The first-order chi connectivity index (χ1) is 12.3. The zero-order valence-electron chi connectivity index (χ0n) is 15.6. The molecule has 1 heterocycles. The Hall–Kier alpha value is -2.28. The maximum absolute atomic E-state index is 12.5. The third-order valence-electron chi connectivity index (χ3n) is 3.69. The molecule has 8 heteroatoms. The molecule has 1 unspecified atom stereocenters. The van der Waals surface area contributed by atoms with E-state index in [0.717, 1.165) is 6.42 Å². The average Bonchev–Trinajstić information content (AvgIpc) is 3.02. The number of carbonyl (C=O) groups excluding carboxylic acids is 1. The van der Waals surface area contributed by atoms with Crippen LogP contribution in [0.5, 0.6) is 11.5 Å². The molecule has 0 radical (unpaired) electrons. The maximum atomic E-state index is 12.5. The molecule has 1 atom stereocenters. The predicted octanol–water partition coefficient (Wildman–Crippen LogP) is 3.96. The third-order valence-corrected chi connectivity index (χ3v) is 3.98. The molecule has 26 heavy (non-hydrogen) atoms. The number of ether oxygens (including phenoxy) is 2. The molecule has 1 amide bonds. The van der Waals surface area contributed by atoms with Gasteiger partial charge in [0.05, 0.1) is 18.7 Å². The lowest BCUT2D eigenvalue weighted by Gasteiger charge is -2.15. The number of aromatic nitrogens is 2. The van der Waals surface area contributed by atoms with E-state index in [2.05, 4.69) is 29.3 Å². The van der Waals surface area contributed by atoms with E-state index in [-0.39, 0.29) is 5.91 Å². The molecular weight excluding hydrogens is 358 g/mol. The quantitative estimate of drug-likeness (QED) is 0.744. The summed E-state index contributed by atoms with van der Waals surface area (Å²) in [6.07, 6.45) is 0.892. The van der Waals surface area contributed by atoms with Gasteiger partial charge < -0.3 is 19.3 Å². The van der Waals surface area contributed by atoms with Crippen LogP contribution in [0.4, 0.5) is 0 Å². The number of hydrogen-bond acceptors (Lipinski definition) is 6. The van der Waals surface area contributed by atoms with Crippen LogP contribution >= 0.6 is 11.6 Å². The largest absolute Gasteiger partial charge is 0.493 e. The smallest absolute Gasteiger partial charge is 0.252 e. The second kappa shape index (κ2) is 8.89. The minimum Gasteiger partial charge on any atom is -0.493 e. The monoisotopic (exact) mass is 381 g/mol. The number of nitrogens with zero attached hydrogens (tertiary/aromatic N) is 2. The highest BCUT2D eigenvalue weighted by Crippen LogP contribution is 2.36. The van der Waals surface area contributed by atoms with Gasteiger partial charge in [0.25, 0.3) is 5.91 Å². The zero-order valence-corrected chi connectivity index (χ0v) is 16.4. The predicted molar refractivity (Wildman–Crippen MR) is 97.9 cm³/mol. The second-order valence-electron chi connectivity index (χ2n) is 6.40. The SMILES string of the molecule is COc1cc(C(=O)NC(C)c2nc(C)no2)cc(Cl)c1OCCC(C)C. The van der Waals surface area contributed by atoms with Gasteiger partial charge in [0.15, 0.2) is 17.3 Å². The summed E-state index contributed by atoms with van der Waals surface area (Å²) in [5.41, 5.74) is 0.353. The van der Waals surface area contributed by atoms with Gasteiger partial charge in [-0.1, -0.05) is 30.6 Å². The van der Waals surface area contributed by atoms with Crippen LogP contribution in [0.3, 0.4) is 0 Å². The Morgan fingerprint density at radius 2 is 2.08 bits per heavy atom. The first kappa shape index (κ1) is 20.0. The van der Waals surface area contributed by atoms with Gasteiger partial charge in [-0.15, -0.1) is 0 Å². The lowest BCUT2D eigenvalue weighted by Crippen LogP contribution is -2.27. The standard InChI is InChI=1S/C18H24ClN3O4/c1-10(2)6-7-25-16-14(19)8-13(9-15(16)24-5)17(23)20-11(3)18-21-12(4)22-26-18/h8-11H,6-7H2,1-5H3,(H,20,23). The molecule has 0 saturated carbocycles. The van der Waals surface area contributed by atoms with Gasteiger partial charge in [0, 0.05) is 5.56 Å². The number of amides is 1. The number of nitrogens with one attached hydrogen (secondary N) is 1. The van der Waals surface area contributed by atoms with E-state index in [0.29, 0.717) is 46.3 Å². The molecule has 0 aliphatic heterocycles. The number of carbonyl (C=O) groups is 1. The van der Waals surface area contributed by atoms with Crippen molar-refractivity contribution in [3.8, 4) is 11.5 Å². The molecule has 2 aromatic rings. The maximum Gasteiger partial charge on any atom is 0.252 e. The summed E-state index contributed by atoms with van der Waals surface area (Å²) < 4.78 is 16.1. The van der Waals surface area contributed by atoms with Gasteiger partial charge in [-0.05, 0) is 38.3 Å². The van der Waals surface area contributed by atoms with Crippen LogP contribution in [-0.2, 0) is 0 Å². The van der Waals surface area contributed by atoms with Crippen molar-refractivity contribution in [1.82, 2.24) is 15.5 Å². The van der Waals surface area contributed by atoms with E-state index >= 15 is 0 Å². The van der Waals surface area contributed by atoms with Crippen LogP contribution in [0.2, 0.25) is 5.02 Å². The van der Waals surface area contributed by atoms with Gasteiger partial charge in [0.1, 0.15) is 6.04 Å². The average molecular weight is 382 g/mol. The summed E-state index contributed by atoms with van der Waals surface area (Å²) in [5, 5.41) is 6.83. The van der Waals surface area contributed by atoms with Crippen LogP contribution in [0.1, 0.15) is 55.3 Å². The molecule has 2 rings (SSSR count). The Labute approximate surface area is 158 Å². The molecule has 142 valence electrons. The van der Waals surface area contributed by atoms with E-state index in [1.54, 1.807) is 26.0 Å². The highest BCUT2D eigenvalue weighted by Gasteiger charge is 2.20. The van der Waals surface area contributed by atoms with Crippen LogP contribution in [0, 0.1) is 12.8 Å². The molecule has 7 nitrogen and oxygen atoms in total. The molecule has 1 aromatic heterocycles. The lowest BCUT2D eigenvalue weighted by molar-refractivity contribution is 0.0932. The van der Waals surface area contributed by atoms with Crippen molar-refractivity contribution >= 4 is 17.5 Å². The highest BCUT2D eigenvalue weighted by atomic mass is 35.5. The molecule has 0 saturated heterocycles. The Kier molecular flexibility index (Phi) is 6.85. The summed E-state index contributed by atoms with van der Waals surface area (Å²) >= 11 is 6.30. The van der Waals surface area contributed by atoms with Crippen LogP contribution in [-0.4, -0.2) is 29.8 Å². The molecular formula is C18H24ClN3O4. The van der Waals surface area contributed by atoms with Crippen molar-refractivity contribution in [2.24, 2.45) is 5.92 Å². The number of halogens is 1. The number of methoxy groups -OCH3 is 1. The van der Waals surface area contributed by atoms with Gasteiger partial charge in [-0.3, -0.25) is 4.79 Å². The number of rotatable bonds is 8. The summed E-state index contributed by atoms with van der Waals surface area (Å²) in [6.45, 7) is 8.22. The molecule has 1 aromatic carbocycles. The minimum absolute atomic E-state index is 0.319. The second-order valence-corrected chi connectivity index (χ2v) is 6.80. The first-order valence-electron chi connectivity index (χ1n) is 8.43. The van der Waals surface area contributed by atoms with Crippen molar-refractivity contribution in [3.63, 3.8) is 0 Å². The topological polar surface area (TPSA) is 86.5 Å². The van der Waals surface area contributed by atoms with E-state index in [1.165, 1.54) is 7.11 Å². The molecule has 1 N–H and O–H groups in total. The van der Waals surface area contributed by atoms with E-state index < -0.39 is 6.04 Å². The van der Waals surface area contributed by atoms with Crippen molar-refractivity contribution in [1.29, 1.82) is 0 Å². The van der Waals surface area contributed by atoms with Gasteiger partial charge in [-0.25, -0.2) is 0 Å². The van der Waals surface area contributed by atoms with Crippen LogP contribution < -0.4 is 14.8 Å². The van der Waals surface area contributed by atoms with Crippen molar-refractivity contribution in [2.75, 3.05) is 13.7 Å². The Morgan fingerprint density at radius 3 is 2.65 bits per heavy atom. The third kappa shape index (κ3) is 5.11. The Balaban J connectivity index is 2.13. The molecule has 0 spiro atoms.